The van der Waals surface area contributed by atoms with Crippen LogP contribution in [0.2, 0.25) is 0 Å². The number of aromatic nitrogens is 4. The Labute approximate surface area is 124 Å². The summed E-state index contributed by atoms with van der Waals surface area (Å²) in [5.41, 5.74) is 1.80. The topological polar surface area (TPSA) is 67.1 Å². The van der Waals surface area contributed by atoms with Gasteiger partial charge in [0.15, 0.2) is 0 Å². The van der Waals surface area contributed by atoms with E-state index in [1.165, 1.54) is 0 Å². The van der Waals surface area contributed by atoms with Crippen molar-refractivity contribution >= 4 is 5.69 Å². The van der Waals surface area contributed by atoms with Crippen LogP contribution in [0.15, 0.2) is 24.5 Å². The zero-order valence-electron chi connectivity index (χ0n) is 12.7. The van der Waals surface area contributed by atoms with Gasteiger partial charge in [0.2, 0.25) is 0 Å². The fraction of sp³-hybridized carbons (Fsp3) is 0.533. The standard InChI is InChI=1S/C15H21N5O/c1-11(2)20-9-14(17-18-20)15(21)5-7-19(10-15)13-4-6-16-12(3)8-13/h4,6,8-9,11,21H,5,7,10H2,1-3H3. The minimum atomic E-state index is -0.926. The molecule has 0 saturated carbocycles. The molecule has 1 aliphatic rings. The first-order valence-corrected chi connectivity index (χ1v) is 7.30. The van der Waals surface area contributed by atoms with Crippen LogP contribution in [-0.2, 0) is 5.60 Å². The summed E-state index contributed by atoms with van der Waals surface area (Å²) in [6.07, 6.45) is 4.31. The molecule has 1 saturated heterocycles. The van der Waals surface area contributed by atoms with Crippen LogP contribution in [0.4, 0.5) is 5.69 Å². The average Bonchev–Trinajstić information content (AvgIpc) is 3.06. The Morgan fingerprint density at radius 3 is 2.86 bits per heavy atom. The molecule has 21 heavy (non-hydrogen) atoms. The number of anilines is 1. The van der Waals surface area contributed by atoms with E-state index in [1.807, 2.05) is 39.1 Å². The van der Waals surface area contributed by atoms with Crippen LogP contribution in [-0.4, -0.2) is 38.2 Å². The van der Waals surface area contributed by atoms with E-state index < -0.39 is 5.60 Å². The fourth-order valence-electron chi connectivity index (χ4n) is 2.69. The van der Waals surface area contributed by atoms with E-state index in [4.69, 9.17) is 0 Å². The van der Waals surface area contributed by atoms with E-state index >= 15 is 0 Å². The quantitative estimate of drug-likeness (QED) is 0.930. The first kappa shape index (κ1) is 14.0. The number of hydrogen-bond donors (Lipinski definition) is 1. The summed E-state index contributed by atoms with van der Waals surface area (Å²) in [6.45, 7) is 7.40. The van der Waals surface area contributed by atoms with E-state index in [0.29, 0.717) is 18.7 Å². The fourth-order valence-corrected chi connectivity index (χ4v) is 2.69. The van der Waals surface area contributed by atoms with Crippen molar-refractivity contribution in [3.63, 3.8) is 0 Å². The first-order chi connectivity index (χ1) is 9.98. The first-order valence-electron chi connectivity index (χ1n) is 7.30. The molecule has 6 nitrogen and oxygen atoms in total. The monoisotopic (exact) mass is 287 g/mol. The molecule has 1 N–H and O–H groups in total. The number of pyridine rings is 1. The van der Waals surface area contributed by atoms with Gasteiger partial charge in [-0.1, -0.05) is 5.21 Å². The zero-order chi connectivity index (χ0) is 15.0. The highest BCUT2D eigenvalue weighted by Crippen LogP contribution is 2.33. The minimum absolute atomic E-state index is 0.246. The van der Waals surface area contributed by atoms with Gasteiger partial charge in [-0.15, -0.1) is 5.10 Å². The largest absolute Gasteiger partial charge is 0.381 e. The number of nitrogens with zero attached hydrogens (tertiary/aromatic N) is 5. The second-order valence-electron chi connectivity index (χ2n) is 6.04. The summed E-state index contributed by atoms with van der Waals surface area (Å²) in [6, 6.07) is 4.26. The van der Waals surface area contributed by atoms with Gasteiger partial charge >= 0.3 is 0 Å². The molecule has 0 aliphatic carbocycles. The molecule has 112 valence electrons. The minimum Gasteiger partial charge on any atom is -0.381 e. The summed E-state index contributed by atoms with van der Waals surface area (Å²) < 4.78 is 1.78. The molecule has 0 aromatic carbocycles. The van der Waals surface area contributed by atoms with Crippen LogP contribution >= 0.6 is 0 Å². The molecule has 1 unspecified atom stereocenters. The molecule has 6 heteroatoms. The predicted octanol–water partition coefficient (Wildman–Crippen LogP) is 1.66. The molecule has 1 fully saturated rings. The molecule has 2 aromatic heterocycles. The second kappa shape index (κ2) is 5.11. The molecule has 0 bridgehead atoms. The lowest BCUT2D eigenvalue weighted by Gasteiger charge is -2.22. The smallest absolute Gasteiger partial charge is 0.129 e. The maximum absolute atomic E-state index is 10.9. The Hall–Kier alpha value is -1.95. The van der Waals surface area contributed by atoms with Crippen LogP contribution in [0.3, 0.4) is 0 Å². The molecule has 3 heterocycles. The maximum atomic E-state index is 10.9. The third kappa shape index (κ3) is 2.63. The van der Waals surface area contributed by atoms with E-state index in [2.05, 4.69) is 20.2 Å². The number of β-amino-alcohol motifs (C(OH)–C–C–N with tert-alkyl or cyclic N) is 1. The van der Waals surface area contributed by atoms with Crippen molar-refractivity contribution in [2.45, 2.75) is 38.8 Å². The molecule has 3 rings (SSSR count). The van der Waals surface area contributed by atoms with Crippen molar-refractivity contribution in [3.8, 4) is 0 Å². The van der Waals surface area contributed by atoms with Gasteiger partial charge in [0.1, 0.15) is 11.3 Å². The average molecular weight is 287 g/mol. The molecular formula is C15H21N5O. The van der Waals surface area contributed by atoms with Crippen LogP contribution in [0.5, 0.6) is 0 Å². The van der Waals surface area contributed by atoms with Crippen LogP contribution in [0, 0.1) is 6.92 Å². The summed E-state index contributed by atoms with van der Waals surface area (Å²) >= 11 is 0. The van der Waals surface area contributed by atoms with Gasteiger partial charge in [-0.2, -0.15) is 0 Å². The molecule has 2 aromatic rings. The van der Waals surface area contributed by atoms with Crippen molar-refractivity contribution < 1.29 is 5.11 Å². The Kier molecular flexibility index (Phi) is 3.41. The summed E-state index contributed by atoms with van der Waals surface area (Å²) in [7, 11) is 0. The van der Waals surface area contributed by atoms with E-state index in [1.54, 1.807) is 10.9 Å². The predicted molar refractivity (Wildman–Crippen MR) is 80.1 cm³/mol. The lowest BCUT2D eigenvalue weighted by Crippen LogP contribution is -2.31. The van der Waals surface area contributed by atoms with Gasteiger partial charge in [-0.05, 0) is 32.9 Å². The molecule has 1 atom stereocenters. The zero-order valence-corrected chi connectivity index (χ0v) is 12.7. The number of aryl methyl sites for hydroxylation is 1. The highest BCUT2D eigenvalue weighted by molar-refractivity contribution is 5.48. The highest BCUT2D eigenvalue weighted by atomic mass is 16.3. The van der Waals surface area contributed by atoms with Crippen molar-refractivity contribution in [2.75, 3.05) is 18.0 Å². The van der Waals surface area contributed by atoms with Crippen molar-refractivity contribution in [2.24, 2.45) is 0 Å². The van der Waals surface area contributed by atoms with Gasteiger partial charge in [0.05, 0.1) is 12.7 Å². The van der Waals surface area contributed by atoms with E-state index in [9.17, 15) is 5.11 Å². The number of hydrogen-bond acceptors (Lipinski definition) is 5. The summed E-state index contributed by atoms with van der Waals surface area (Å²) in [4.78, 5) is 6.38. The van der Waals surface area contributed by atoms with E-state index in [0.717, 1.165) is 17.9 Å². The molecule has 1 aliphatic heterocycles. The molecule has 0 spiro atoms. The Balaban J connectivity index is 1.81. The number of rotatable bonds is 3. The van der Waals surface area contributed by atoms with Crippen LogP contribution in [0.25, 0.3) is 0 Å². The van der Waals surface area contributed by atoms with Crippen LogP contribution in [0.1, 0.15) is 37.7 Å². The molecule has 0 radical (unpaired) electrons. The molecule has 0 amide bonds. The summed E-state index contributed by atoms with van der Waals surface area (Å²) in [5, 5.41) is 19.1. The van der Waals surface area contributed by atoms with Crippen molar-refractivity contribution in [1.82, 2.24) is 20.0 Å². The third-order valence-electron chi connectivity index (χ3n) is 4.01. The second-order valence-corrected chi connectivity index (χ2v) is 6.04. The number of aliphatic hydroxyl groups is 1. The Bertz CT molecular complexity index is 638. The lowest BCUT2D eigenvalue weighted by molar-refractivity contribution is 0.0559. The SMILES string of the molecule is Cc1cc(N2CCC(O)(c3cn(C(C)C)nn3)C2)ccn1. The Morgan fingerprint density at radius 2 is 2.19 bits per heavy atom. The van der Waals surface area contributed by atoms with Gasteiger partial charge in [-0.25, -0.2) is 4.68 Å². The Morgan fingerprint density at radius 1 is 1.38 bits per heavy atom. The molecular weight excluding hydrogens is 266 g/mol. The van der Waals surface area contributed by atoms with Gasteiger partial charge in [0.25, 0.3) is 0 Å². The highest BCUT2D eigenvalue weighted by Gasteiger charge is 2.40. The van der Waals surface area contributed by atoms with Gasteiger partial charge in [-0.3, -0.25) is 4.98 Å². The van der Waals surface area contributed by atoms with Crippen molar-refractivity contribution in [1.29, 1.82) is 0 Å². The van der Waals surface area contributed by atoms with E-state index in [-0.39, 0.29) is 6.04 Å². The normalized spacial score (nSPS) is 22.2. The van der Waals surface area contributed by atoms with Crippen molar-refractivity contribution in [3.05, 3.63) is 35.9 Å². The van der Waals surface area contributed by atoms with Gasteiger partial charge in [0, 0.05) is 36.6 Å². The maximum Gasteiger partial charge on any atom is 0.129 e. The third-order valence-corrected chi connectivity index (χ3v) is 4.01. The summed E-state index contributed by atoms with van der Waals surface area (Å²) in [5.74, 6) is 0. The van der Waals surface area contributed by atoms with Gasteiger partial charge < -0.3 is 10.0 Å². The lowest BCUT2D eigenvalue weighted by atomic mass is 10.00. The van der Waals surface area contributed by atoms with Crippen LogP contribution < -0.4 is 4.90 Å².